The van der Waals surface area contributed by atoms with Crippen LogP contribution in [0.4, 0.5) is 16.3 Å². The van der Waals surface area contributed by atoms with Crippen LogP contribution in [0.2, 0.25) is 5.02 Å². The molecular formula is C28H30ClN5O5S. The van der Waals surface area contributed by atoms with E-state index in [9.17, 15) is 14.4 Å². The van der Waals surface area contributed by atoms with Gasteiger partial charge in [0.2, 0.25) is 0 Å². The number of ether oxygens (including phenoxy) is 2. The number of thioether (sulfide) groups is 1. The van der Waals surface area contributed by atoms with E-state index in [4.69, 9.17) is 21.1 Å². The number of rotatable bonds is 7. The zero-order valence-electron chi connectivity index (χ0n) is 22.6. The molecule has 1 aromatic carbocycles. The molecule has 0 bridgehead atoms. The molecule has 1 aliphatic heterocycles. The highest BCUT2D eigenvalue weighted by Crippen LogP contribution is 2.29. The SMILES string of the molecule is CSc1ccc(C(=O)Nc2cccnc2C(=O)Nc2ccc(Cl)cn2)c(O[C@@H]2CCN(C(=O)OC(C)(C)C)C2)c1. The van der Waals surface area contributed by atoms with E-state index >= 15 is 0 Å². The second kappa shape index (κ2) is 12.6. The minimum absolute atomic E-state index is 0.0135. The number of likely N-dealkylation sites (tertiary alicyclic amines) is 1. The van der Waals surface area contributed by atoms with Gasteiger partial charge in [-0.2, -0.15) is 0 Å². The zero-order chi connectivity index (χ0) is 28.9. The van der Waals surface area contributed by atoms with Crippen molar-refractivity contribution in [1.82, 2.24) is 14.9 Å². The first-order valence-corrected chi connectivity index (χ1v) is 14.1. The summed E-state index contributed by atoms with van der Waals surface area (Å²) in [5.41, 5.74) is -0.0834. The molecule has 0 unspecified atom stereocenters. The summed E-state index contributed by atoms with van der Waals surface area (Å²) in [5.74, 6) is -0.359. The van der Waals surface area contributed by atoms with E-state index < -0.39 is 23.5 Å². The monoisotopic (exact) mass is 583 g/mol. The molecule has 40 heavy (non-hydrogen) atoms. The van der Waals surface area contributed by atoms with E-state index in [0.29, 0.717) is 30.3 Å². The number of pyridine rings is 2. The molecular weight excluding hydrogens is 554 g/mol. The van der Waals surface area contributed by atoms with Gasteiger partial charge in [-0.1, -0.05) is 11.6 Å². The first-order valence-electron chi connectivity index (χ1n) is 12.5. The quantitative estimate of drug-likeness (QED) is 0.337. The van der Waals surface area contributed by atoms with Crippen LogP contribution in [0, 0.1) is 0 Å². The second-order valence-electron chi connectivity index (χ2n) is 9.99. The molecule has 1 saturated heterocycles. The summed E-state index contributed by atoms with van der Waals surface area (Å²) in [4.78, 5) is 49.6. The van der Waals surface area contributed by atoms with Crippen LogP contribution in [0.5, 0.6) is 5.75 Å². The molecule has 12 heteroatoms. The van der Waals surface area contributed by atoms with E-state index in [1.54, 1.807) is 41.3 Å². The number of carbonyl (C=O) groups is 3. The fourth-order valence-electron chi connectivity index (χ4n) is 3.91. The lowest BCUT2D eigenvalue weighted by molar-refractivity contribution is 0.0275. The maximum Gasteiger partial charge on any atom is 0.410 e. The molecule has 1 atom stereocenters. The van der Waals surface area contributed by atoms with E-state index in [-0.39, 0.29) is 28.9 Å². The highest BCUT2D eigenvalue weighted by molar-refractivity contribution is 7.98. The van der Waals surface area contributed by atoms with Crippen molar-refractivity contribution in [3.05, 3.63) is 71.1 Å². The summed E-state index contributed by atoms with van der Waals surface area (Å²) in [7, 11) is 0. The Bertz CT molecular complexity index is 1400. The van der Waals surface area contributed by atoms with Crippen molar-refractivity contribution in [3.63, 3.8) is 0 Å². The fourth-order valence-corrected chi connectivity index (χ4v) is 4.45. The number of nitrogens with zero attached hydrogens (tertiary/aromatic N) is 3. The summed E-state index contributed by atoms with van der Waals surface area (Å²) in [5, 5.41) is 5.87. The number of aromatic nitrogens is 2. The molecule has 3 amide bonds. The van der Waals surface area contributed by atoms with Crippen LogP contribution in [0.25, 0.3) is 0 Å². The standard InChI is InChI=1S/C28H30ClN5O5S/c1-28(2,3)39-27(37)34-13-11-18(16-34)38-22-14-19(40-4)8-9-20(22)25(35)32-21-6-5-12-30-24(21)26(36)33-23-10-7-17(29)15-31-23/h5-10,12,14-15,18H,11,13,16H2,1-4H3,(H,32,35)(H,31,33,36)/t18-/m1/s1. The molecule has 1 aliphatic rings. The van der Waals surface area contributed by atoms with Crippen molar-refractivity contribution in [2.24, 2.45) is 0 Å². The highest BCUT2D eigenvalue weighted by atomic mass is 35.5. The van der Waals surface area contributed by atoms with Crippen LogP contribution in [0.15, 0.2) is 59.8 Å². The summed E-state index contributed by atoms with van der Waals surface area (Å²) in [6.45, 7) is 6.28. The second-order valence-corrected chi connectivity index (χ2v) is 11.3. The van der Waals surface area contributed by atoms with Crippen molar-refractivity contribution in [1.29, 1.82) is 0 Å². The largest absolute Gasteiger partial charge is 0.488 e. The number of nitrogens with one attached hydrogen (secondary N) is 2. The summed E-state index contributed by atoms with van der Waals surface area (Å²) in [6, 6.07) is 11.6. The Morgan fingerprint density at radius 3 is 2.58 bits per heavy atom. The van der Waals surface area contributed by atoms with Crippen molar-refractivity contribution < 1.29 is 23.9 Å². The van der Waals surface area contributed by atoms with Gasteiger partial charge in [-0.3, -0.25) is 9.59 Å². The van der Waals surface area contributed by atoms with Crippen LogP contribution >= 0.6 is 23.4 Å². The Morgan fingerprint density at radius 2 is 1.88 bits per heavy atom. The molecule has 4 rings (SSSR count). The molecule has 10 nitrogen and oxygen atoms in total. The van der Waals surface area contributed by atoms with E-state index in [0.717, 1.165) is 4.90 Å². The molecule has 0 spiro atoms. The molecule has 3 heterocycles. The number of hydrogen-bond donors (Lipinski definition) is 2. The van der Waals surface area contributed by atoms with E-state index in [2.05, 4.69) is 20.6 Å². The van der Waals surface area contributed by atoms with Gasteiger partial charge in [-0.15, -0.1) is 11.8 Å². The highest BCUT2D eigenvalue weighted by Gasteiger charge is 2.32. The first kappa shape index (κ1) is 29.2. The Hall–Kier alpha value is -3.83. The van der Waals surface area contributed by atoms with E-state index in [1.165, 1.54) is 24.2 Å². The fraction of sp³-hybridized carbons (Fsp3) is 0.321. The molecule has 210 valence electrons. The zero-order valence-corrected chi connectivity index (χ0v) is 24.1. The Morgan fingerprint density at radius 1 is 1.07 bits per heavy atom. The maximum atomic E-state index is 13.4. The van der Waals surface area contributed by atoms with Gasteiger partial charge < -0.3 is 25.0 Å². The van der Waals surface area contributed by atoms with Gasteiger partial charge in [0.1, 0.15) is 23.3 Å². The van der Waals surface area contributed by atoms with Crippen molar-refractivity contribution >= 4 is 52.8 Å². The third-order valence-electron chi connectivity index (χ3n) is 5.76. The van der Waals surface area contributed by atoms with Crippen LogP contribution in [0.3, 0.4) is 0 Å². The van der Waals surface area contributed by atoms with Gasteiger partial charge in [0, 0.05) is 30.3 Å². The number of amides is 3. The lowest BCUT2D eigenvalue weighted by Gasteiger charge is -2.24. The minimum Gasteiger partial charge on any atom is -0.488 e. The predicted molar refractivity (Wildman–Crippen MR) is 154 cm³/mol. The summed E-state index contributed by atoms with van der Waals surface area (Å²) < 4.78 is 11.7. The summed E-state index contributed by atoms with van der Waals surface area (Å²) >= 11 is 7.38. The Labute approximate surface area is 241 Å². The smallest absolute Gasteiger partial charge is 0.410 e. The van der Waals surface area contributed by atoms with Crippen LogP contribution in [-0.4, -0.2) is 63.8 Å². The lowest BCUT2D eigenvalue weighted by Crippen LogP contribution is -2.36. The number of anilines is 2. The number of hydrogen-bond acceptors (Lipinski definition) is 8. The van der Waals surface area contributed by atoms with E-state index in [1.807, 2.05) is 33.1 Å². The minimum atomic E-state index is -0.596. The molecule has 1 fully saturated rings. The lowest BCUT2D eigenvalue weighted by atomic mass is 10.1. The van der Waals surface area contributed by atoms with Gasteiger partial charge in [-0.25, -0.2) is 14.8 Å². The predicted octanol–water partition coefficient (Wildman–Crippen LogP) is 5.74. The number of carbonyl (C=O) groups excluding carboxylic acids is 3. The number of benzene rings is 1. The molecule has 2 aromatic heterocycles. The van der Waals surface area contributed by atoms with Gasteiger partial charge in [0.15, 0.2) is 5.69 Å². The third-order valence-corrected chi connectivity index (χ3v) is 6.71. The first-order chi connectivity index (χ1) is 19.0. The summed E-state index contributed by atoms with van der Waals surface area (Å²) in [6.07, 6.45) is 4.67. The third kappa shape index (κ3) is 7.64. The molecule has 0 aliphatic carbocycles. The molecule has 3 aromatic rings. The molecule has 0 radical (unpaired) electrons. The average Bonchev–Trinajstić information content (AvgIpc) is 3.38. The Balaban J connectivity index is 1.50. The molecule has 0 saturated carbocycles. The van der Waals surface area contributed by atoms with Gasteiger partial charge in [0.05, 0.1) is 22.8 Å². The van der Waals surface area contributed by atoms with Gasteiger partial charge in [0.25, 0.3) is 11.8 Å². The van der Waals surface area contributed by atoms with Crippen molar-refractivity contribution in [2.45, 2.75) is 43.8 Å². The normalized spacial score (nSPS) is 14.9. The van der Waals surface area contributed by atoms with Crippen LogP contribution < -0.4 is 15.4 Å². The molecule has 2 N–H and O–H groups in total. The van der Waals surface area contributed by atoms with Gasteiger partial charge >= 0.3 is 6.09 Å². The van der Waals surface area contributed by atoms with Gasteiger partial charge in [-0.05, 0) is 69.5 Å². The maximum absolute atomic E-state index is 13.4. The Kier molecular flexibility index (Phi) is 9.16. The van der Waals surface area contributed by atoms with Crippen LogP contribution in [0.1, 0.15) is 48.0 Å². The van der Waals surface area contributed by atoms with Crippen molar-refractivity contribution in [3.8, 4) is 5.75 Å². The number of halogens is 1. The van der Waals surface area contributed by atoms with Crippen molar-refractivity contribution in [2.75, 3.05) is 30.0 Å². The topological polar surface area (TPSA) is 123 Å². The van der Waals surface area contributed by atoms with Crippen LogP contribution in [-0.2, 0) is 4.74 Å². The average molecular weight is 584 g/mol.